The number of thiazole rings is 1. The zero-order valence-electron chi connectivity index (χ0n) is 19.1. The van der Waals surface area contributed by atoms with Gasteiger partial charge in [0.05, 0.1) is 15.8 Å². The summed E-state index contributed by atoms with van der Waals surface area (Å²) in [6, 6.07) is 2.04. The third-order valence-corrected chi connectivity index (χ3v) is 9.97. The maximum absolute atomic E-state index is 13.0. The summed E-state index contributed by atoms with van der Waals surface area (Å²) in [6.07, 6.45) is 5.47. The SMILES string of the molecule is Cc1nc(NC(=O)N2C[C@H](NS(=O)(=O)C3CC3)C[C@H]2C(N)=O)sc1-c1ccnc(C2(C)CC2)c1. The lowest BCUT2D eigenvalue weighted by molar-refractivity contribution is -0.121. The van der Waals surface area contributed by atoms with Crippen LogP contribution in [0.2, 0.25) is 0 Å². The monoisotopic (exact) mass is 504 g/mol. The second kappa shape index (κ2) is 8.28. The molecule has 1 saturated heterocycles. The first-order valence-electron chi connectivity index (χ1n) is 11.4. The van der Waals surface area contributed by atoms with E-state index in [1.807, 2.05) is 13.0 Å². The van der Waals surface area contributed by atoms with Crippen LogP contribution in [0.3, 0.4) is 0 Å². The molecule has 0 bridgehead atoms. The van der Waals surface area contributed by atoms with Crippen molar-refractivity contribution in [3.8, 4) is 10.4 Å². The molecule has 2 saturated carbocycles. The Labute approximate surface area is 202 Å². The third-order valence-electron chi connectivity index (χ3n) is 6.84. The van der Waals surface area contributed by atoms with Gasteiger partial charge >= 0.3 is 6.03 Å². The molecule has 0 radical (unpaired) electrons. The van der Waals surface area contributed by atoms with E-state index in [1.54, 1.807) is 6.20 Å². The minimum atomic E-state index is -3.45. The molecular formula is C22H28N6O4S2. The predicted molar refractivity (Wildman–Crippen MR) is 129 cm³/mol. The topological polar surface area (TPSA) is 147 Å². The van der Waals surface area contributed by atoms with Crippen molar-refractivity contribution in [3.05, 3.63) is 29.7 Å². The number of carbonyl (C=O) groups excluding carboxylic acids is 2. The molecule has 5 rings (SSSR count). The van der Waals surface area contributed by atoms with Crippen molar-refractivity contribution in [2.75, 3.05) is 11.9 Å². The first kappa shape index (κ1) is 23.2. The van der Waals surface area contributed by atoms with Gasteiger partial charge < -0.3 is 10.6 Å². The van der Waals surface area contributed by atoms with E-state index in [-0.39, 0.29) is 23.6 Å². The number of sulfonamides is 1. The number of hydrogen-bond acceptors (Lipinski definition) is 7. The van der Waals surface area contributed by atoms with Crippen molar-refractivity contribution in [1.82, 2.24) is 19.6 Å². The van der Waals surface area contributed by atoms with E-state index >= 15 is 0 Å². The fourth-order valence-electron chi connectivity index (χ4n) is 4.35. The number of nitrogens with one attached hydrogen (secondary N) is 2. The molecule has 182 valence electrons. The molecule has 0 aromatic carbocycles. The molecule has 3 amide bonds. The van der Waals surface area contributed by atoms with Crippen LogP contribution in [-0.2, 0) is 20.2 Å². The molecule has 2 atom stereocenters. The maximum Gasteiger partial charge on any atom is 0.324 e. The molecule has 12 heteroatoms. The number of likely N-dealkylation sites (tertiary alicyclic amines) is 1. The Morgan fingerprint density at radius 3 is 2.68 bits per heavy atom. The van der Waals surface area contributed by atoms with Crippen LogP contribution in [0.4, 0.5) is 9.93 Å². The van der Waals surface area contributed by atoms with E-state index in [9.17, 15) is 18.0 Å². The zero-order chi connectivity index (χ0) is 24.3. The summed E-state index contributed by atoms with van der Waals surface area (Å²) in [7, 11) is -3.45. The minimum Gasteiger partial charge on any atom is -0.368 e. The van der Waals surface area contributed by atoms with Crippen LogP contribution in [0.1, 0.15) is 50.4 Å². The van der Waals surface area contributed by atoms with Crippen LogP contribution in [0, 0.1) is 6.92 Å². The van der Waals surface area contributed by atoms with Gasteiger partial charge in [0.1, 0.15) is 6.04 Å². The fourth-order valence-corrected chi connectivity index (χ4v) is 6.89. The van der Waals surface area contributed by atoms with Gasteiger partial charge in [0.15, 0.2) is 5.13 Å². The number of nitrogens with zero attached hydrogens (tertiary/aromatic N) is 3. The first-order chi connectivity index (χ1) is 16.1. The van der Waals surface area contributed by atoms with Crippen LogP contribution >= 0.6 is 11.3 Å². The Hall–Kier alpha value is -2.57. The highest BCUT2D eigenvalue weighted by Crippen LogP contribution is 2.47. The number of aryl methyl sites for hydroxylation is 1. The Balaban J connectivity index is 1.30. The largest absolute Gasteiger partial charge is 0.368 e. The average Bonchev–Trinajstić information content (AvgIpc) is 3.69. The van der Waals surface area contributed by atoms with E-state index in [0.29, 0.717) is 18.0 Å². The van der Waals surface area contributed by atoms with Crippen LogP contribution in [0.25, 0.3) is 10.4 Å². The number of primary amides is 1. The quantitative estimate of drug-likeness (QED) is 0.526. The highest BCUT2D eigenvalue weighted by Gasteiger charge is 2.44. The summed E-state index contributed by atoms with van der Waals surface area (Å²) < 4.78 is 27.2. The van der Waals surface area contributed by atoms with Gasteiger partial charge in [-0.25, -0.2) is 22.9 Å². The summed E-state index contributed by atoms with van der Waals surface area (Å²) in [5, 5.41) is 2.79. The number of aromatic nitrogens is 2. The highest BCUT2D eigenvalue weighted by atomic mass is 32.2. The molecule has 10 nitrogen and oxygen atoms in total. The summed E-state index contributed by atoms with van der Waals surface area (Å²) in [5.74, 6) is -0.669. The summed E-state index contributed by atoms with van der Waals surface area (Å²) >= 11 is 1.35. The Morgan fingerprint density at radius 2 is 2.03 bits per heavy atom. The van der Waals surface area contributed by atoms with Crippen molar-refractivity contribution in [3.63, 3.8) is 0 Å². The van der Waals surface area contributed by atoms with Gasteiger partial charge in [-0.1, -0.05) is 18.3 Å². The van der Waals surface area contributed by atoms with Crippen molar-refractivity contribution >= 4 is 38.4 Å². The second-order valence-electron chi connectivity index (χ2n) is 9.72. The summed E-state index contributed by atoms with van der Waals surface area (Å²) in [6.45, 7) is 4.15. The molecular weight excluding hydrogens is 476 g/mol. The third kappa shape index (κ3) is 4.53. The van der Waals surface area contributed by atoms with Crippen molar-refractivity contribution in [2.45, 2.75) is 68.7 Å². The molecule has 0 spiro atoms. The maximum atomic E-state index is 13.0. The van der Waals surface area contributed by atoms with Gasteiger partial charge in [-0.3, -0.25) is 15.1 Å². The van der Waals surface area contributed by atoms with Crippen molar-refractivity contribution in [1.29, 1.82) is 0 Å². The Morgan fingerprint density at radius 1 is 1.29 bits per heavy atom. The average molecular weight is 505 g/mol. The fraction of sp³-hybridized carbons (Fsp3) is 0.545. The number of amides is 3. The normalized spacial score (nSPS) is 23.6. The van der Waals surface area contributed by atoms with E-state index in [0.717, 1.165) is 34.7 Å². The highest BCUT2D eigenvalue weighted by molar-refractivity contribution is 7.90. The van der Waals surface area contributed by atoms with Gasteiger partial charge in [0.25, 0.3) is 0 Å². The van der Waals surface area contributed by atoms with Crippen molar-refractivity contribution in [2.24, 2.45) is 5.73 Å². The molecule has 1 aliphatic heterocycles. The van der Waals surface area contributed by atoms with Crippen LogP contribution in [0.15, 0.2) is 18.3 Å². The molecule has 3 heterocycles. The Bertz CT molecular complexity index is 1250. The van der Waals surface area contributed by atoms with Crippen LogP contribution in [-0.4, -0.2) is 59.1 Å². The van der Waals surface area contributed by atoms with Crippen LogP contribution < -0.4 is 15.8 Å². The number of carbonyl (C=O) groups is 2. The van der Waals surface area contributed by atoms with E-state index in [2.05, 4.69) is 33.0 Å². The molecule has 34 heavy (non-hydrogen) atoms. The number of urea groups is 1. The van der Waals surface area contributed by atoms with Crippen molar-refractivity contribution < 1.29 is 18.0 Å². The van der Waals surface area contributed by atoms with Crippen LogP contribution in [0.5, 0.6) is 0 Å². The lowest BCUT2D eigenvalue weighted by Crippen LogP contribution is -2.46. The minimum absolute atomic E-state index is 0.0644. The molecule has 2 aliphatic carbocycles. The van der Waals surface area contributed by atoms with Gasteiger partial charge in [-0.2, -0.15) is 0 Å². The summed E-state index contributed by atoms with van der Waals surface area (Å²) in [4.78, 5) is 36.3. The number of hydrogen-bond donors (Lipinski definition) is 3. The molecule has 2 aromatic rings. The van der Waals surface area contributed by atoms with Gasteiger partial charge in [-0.15, -0.1) is 0 Å². The lowest BCUT2D eigenvalue weighted by atomic mass is 10.0. The standard InChI is InChI=1S/C22H28N6O4S2/c1-12-18(13-5-8-24-17(9-13)22(2)6-7-22)33-20(25-12)26-21(30)28-11-14(10-16(28)19(23)29)27-34(31,32)15-3-4-15/h5,8-9,14-16,27H,3-4,6-7,10-11H2,1-2H3,(H2,23,29)(H,25,26,30)/t14-,16+/m1/s1. The van der Waals surface area contributed by atoms with E-state index < -0.39 is 34.0 Å². The predicted octanol–water partition coefficient (Wildman–Crippen LogP) is 2.11. The van der Waals surface area contributed by atoms with E-state index in [1.165, 1.54) is 16.2 Å². The lowest BCUT2D eigenvalue weighted by Gasteiger charge is -2.21. The molecule has 3 aliphatic rings. The van der Waals surface area contributed by atoms with Gasteiger partial charge in [0, 0.05) is 29.9 Å². The zero-order valence-corrected chi connectivity index (χ0v) is 20.7. The second-order valence-corrected chi connectivity index (χ2v) is 12.7. The molecule has 0 unspecified atom stereocenters. The Kier molecular flexibility index (Phi) is 5.64. The first-order valence-corrected chi connectivity index (χ1v) is 13.7. The molecule has 2 aromatic heterocycles. The van der Waals surface area contributed by atoms with Gasteiger partial charge in [-0.05, 0) is 56.7 Å². The number of nitrogens with two attached hydrogens (primary N) is 1. The number of anilines is 1. The smallest absolute Gasteiger partial charge is 0.324 e. The molecule has 3 fully saturated rings. The number of pyridine rings is 1. The van der Waals surface area contributed by atoms with Gasteiger partial charge in [0.2, 0.25) is 15.9 Å². The number of rotatable bonds is 7. The summed E-state index contributed by atoms with van der Waals surface area (Å²) in [5.41, 5.74) is 8.50. The van der Waals surface area contributed by atoms with E-state index in [4.69, 9.17) is 5.73 Å². The molecule has 4 N–H and O–H groups in total.